The first-order valence-corrected chi connectivity index (χ1v) is 8.32. The van der Waals surface area contributed by atoms with Gasteiger partial charge in [0.05, 0.1) is 6.10 Å². The molecule has 2 aliphatic carbocycles. The number of rotatable bonds is 6. The number of carbonyl (C=O) groups is 1. The summed E-state index contributed by atoms with van der Waals surface area (Å²) in [5.41, 5.74) is -0.218. The first kappa shape index (κ1) is 15.3. The molecule has 2 aliphatic rings. The minimum absolute atomic E-state index is 0.120. The van der Waals surface area contributed by atoms with Crippen LogP contribution in [0.3, 0.4) is 0 Å². The number of aliphatic hydroxyl groups is 1. The van der Waals surface area contributed by atoms with E-state index in [9.17, 15) is 9.90 Å². The van der Waals surface area contributed by atoms with Crippen molar-refractivity contribution in [2.24, 2.45) is 5.92 Å². The average molecular weight is 303 g/mol. The molecule has 0 spiro atoms. The fourth-order valence-electron chi connectivity index (χ4n) is 3.08. The van der Waals surface area contributed by atoms with Crippen molar-refractivity contribution in [3.05, 3.63) is 29.8 Å². The second-order valence-corrected chi connectivity index (χ2v) is 6.77. The highest BCUT2D eigenvalue weighted by Crippen LogP contribution is 2.39. The van der Waals surface area contributed by atoms with E-state index in [1.807, 2.05) is 24.3 Å². The zero-order chi connectivity index (χ0) is 15.6. The summed E-state index contributed by atoms with van der Waals surface area (Å²) >= 11 is 0. The van der Waals surface area contributed by atoms with E-state index < -0.39 is 5.60 Å². The Hall–Kier alpha value is -1.55. The predicted octanol–water partition coefficient (Wildman–Crippen LogP) is 2.79. The Morgan fingerprint density at radius 2 is 1.86 bits per heavy atom. The van der Waals surface area contributed by atoms with Crippen LogP contribution in [0.4, 0.5) is 0 Å². The molecule has 2 fully saturated rings. The maximum Gasteiger partial charge on any atom is 0.252 e. The second kappa shape index (κ2) is 6.29. The molecule has 120 valence electrons. The maximum absolute atomic E-state index is 12.0. The molecule has 1 aromatic carbocycles. The van der Waals surface area contributed by atoms with Crippen molar-refractivity contribution >= 4 is 5.91 Å². The van der Waals surface area contributed by atoms with Gasteiger partial charge in [-0.05, 0) is 69.1 Å². The van der Waals surface area contributed by atoms with E-state index in [1.165, 1.54) is 12.8 Å². The van der Waals surface area contributed by atoms with E-state index in [4.69, 9.17) is 4.74 Å². The van der Waals surface area contributed by atoms with Crippen molar-refractivity contribution in [1.29, 1.82) is 0 Å². The van der Waals surface area contributed by atoms with E-state index >= 15 is 0 Å². The molecule has 22 heavy (non-hydrogen) atoms. The summed E-state index contributed by atoms with van der Waals surface area (Å²) in [6.07, 6.45) is 7.05. The molecule has 0 aromatic heterocycles. The molecule has 1 atom stereocenters. The summed E-state index contributed by atoms with van der Waals surface area (Å²) < 4.78 is 5.92. The molecule has 0 bridgehead atoms. The van der Waals surface area contributed by atoms with Crippen LogP contribution in [-0.2, 0) is 11.3 Å². The number of nitrogens with one attached hydrogen (secondary N) is 1. The van der Waals surface area contributed by atoms with Crippen molar-refractivity contribution in [3.63, 3.8) is 0 Å². The highest BCUT2D eigenvalue weighted by Gasteiger charge is 2.45. The third kappa shape index (κ3) is 3.61. The zero-order valence-electron chi connectivity index (χ0n) is 13.2. The van der Waals surface area contributed by atoms with Gasteiger partial charge in [-0.25, -0.2) is 0 Å². The van der Waals surface area contributed by atoms with Gasteiger partial charge in [0.2, 0.25) is 0 Å². The van der Waals surface area contributed by atoms with Gasteiger partial charge >= 0.3 is 0 Å². The predicted molar refractivity (Wildman–Crippen MR) is 84.5 cm³/mol. The fourth-order valence-corrected chi connectivity index (χ4v) is 3.08. The lowest BCUT2D eigenvalue weighted by molar-refractivity contribution is -0.140. The van der Waals surface area contributed by atoms with Gasteiger partial charge in [0.15, 0.2) is 0 Å². The van der Waals surface area contributed by atoms with Crippen LogP contribution in [0.15, 0.2) is 24.3 Å². The molecule has 0 heterocycles. The number of carbonyl (C=O) groups excluding carboxylic acids is 1. The zero-order valence-corrected chi connectivity index (χ0v) is 13.2. The average Bonchev–Trinajstić information content (AvgIpc) is 3.26. The molecule has 2 saturated carbocycles. The van der Waals surface area contributed by atoms with Crippen molar-refractivity contribution in [1.82, 2.24) is 5.32 Å². The summed E-state index contributed by atoms with van der Waals surface area (Å²) in [5, 5.41) is 13.0. The van der Waals surface area contributed by atoms with E-state index in [-0.39, 0.29) is 11.8 Å². The molecule has 3 rings (SSSR count). The van der Waals surface area contributed by atoms with Crippen LogP contribution in [0.2, 0.25) is 0 Å². The van der Waals surface area contributed by atoms with Crippen LogP contribution in [-0.4, -0.2) is 22.7 Å². The molecule has 0 saturated heterocycles. The molecule has 2 N–H and O–H groups in total. The maximum atomic E-state index is 12.0. The molecule has 1 aromatic rings. The Morgan fingerprint density at radius 1 is 1.23 bits per heavy atom. The third-order valence-corrected chi connectivity index (χ3v) is 4.81. The Balaban J connectivity index is 1.49. The quantitative estimate of drug-likeness (QED) is 0.849. The Bertz CT molecular complexity index is 514. The fraction of sp³-hybridized carbons (Fsp3) is 0.611. The van der Waals surface area contributed by atoms with Crippen LogP contribution < -0.4 is 10.1 Å². The monoisotopic (exact) mass is 303 g/mol. The van der Waals surface area contributed by atoms with Gasteiger partial charge in [-0.15, -0.1) is 0 Å². The van der Waals surface area contributed by atoms with Gasteiger partial charge in [0.25, 0.3) is 5.91 Å². The number of hydrogen-bond donors (Lipinski definition) is 2. The topological polar surface area (TPSA) is 58.6 Å². The third-order valence-electron chi connectivity index (χ3n) is 4.81. The molecule has 1 amide bonds. The van der Waals surface area contributed by atoms with Crippen LogP contribution in [0.1, 0.15) is 51.0 Å². The van der Waals surface area contributed by atoms with E-state index in [1.54, 1.807) is 6.92 Å². The summed E-state index contributed by atoms with van der Waals surface area (Å²) in [5.74, 6) is 0.739. The van der Waals surface area contributed by atoms with Crippen LogP contribution in [0.5, 0.6) is 5.75 Å². The van der Waals surface area contributed by atoms with Crippen molar-refractivity contribution in [2.75, 3.05) is 0 Å². The van der Waals surface area contributed by atoms with Crippen LogP contribution >= 0.6 is 0 Å². The summed E-state index contributed by atoms with van der Waals surface area (Å²) in [6, 6.07) is 7.85. The van der Waals surface area contributed by atoms with Gasteiger partial charge in [-0.2, -0.15) is 0 Å². The largest absolute Gasteiger partial charge is 0.490 e. The lowest BCUT2D eigenvalue weighted by Crippen LogP contribution is -2.45. The van der Waals surface area contributed by atoms with E-state index in [2.05, 4.69) is 5.32 Å². The van der Waals surface area contributed by atoms with Gasteiger partial charge < -0.3 is 15.2 Å². The standard InChI is InChI=1S/C18H25NO3/c1-18(21,14-8-9-14)17(20)19-12-13-6-10-16(11-7-13)22-15-4-2-3-5-15/h6-7,10-11,14-15,21H,2-5,8-9,12H2,1H3,(H,19,20). The second-order valence-electron chi connectivity index (χ2n) is 6.77. The first-order valence-electron chi connectivity index (χ1n) is 8.32. The first-order chi connectivity index (χ1) is 10.6. The van der Waals surface area contributed by atoms with E-state index in [0.717, 1.165) is 37.0 Å². The number of amides is 1. The highest BCUT2D eigenvalue weighted by atomic mass is 16.5. The molecule has 4 heteroatoms. The Morgan fingerprint density at radius 3 is 2.45 bits per heavy atom. The van der Waals surface area contributed by atoms with Gasteiger partial charge in [-0.3, -0.25) is 4.79 Å². The summed E-state index contributed by atoms with van der Waals surface area (Å²) in [4.78, 5) is 12.0. The number of benzene rings is 1. The number of ether oxygens (including phenoxy) is 1. The van der Waals surface area contributed by atoms with Crippen molar-refractivity contribution < 1.29 is 14.6 Å². The van der Waals surface area contributed by atoms with Crippen LogP contribution in [0, 0.1) is 5.92 Å². The van der Waals surface area contributed by atoms with Gasteiger partial charge in [0.1, 0.15) is 11.4 Å². The van der Waals surface area contributed by atoms with Gasteiger partial charge in [-0.1, -0.05) is 12.1 Å². The minimum atomic E-state index is -1.23. The van der Waals surface area contributed by atoms with Crippen molar-refractivity contribution in [2.45, 2.75) is 63.7 Å². The molecular weight excluding hydrogens is 278 g/mol. The molecule has 4 nitrogen and oxygen atoms in total. The minimum Gasteiger partial charge on any atom is -0.490 e. The Kier molecular flexibility index (Phi) is 4.39. The van der Waals surface area contributed by atoms with Crippen LogP contribution in [0.25, 0.3) is 0 Å². The molecule has 0 radical (unpaired) electrons. The Labute approximate surface area is 131 Å². The normalized spacial score (nSPS) is 21.4. The number of hydrogen-bond acceptors (Lipinski definition) is 3. The highest BCUT2D eigenvalue weighted by molar-refractivity contribution is 5.85. The smallest absolute Gasteiger partial charge is 0.252 e. The molecular formula is C18H25NO3. The van der Waals surface area contributed by atoms with Crippen molar-refractivity contribution in [3.8, 4) is 5.75 Å². The van der Waals surface area contributed by atoms with Gasteiger partial charge in [0, 0.05) is 6.54 Å². The molecule has 0 aliphatic heterocycles. The lowest BCUT2D eigenvalue weighted by atomic mass is 9.99. The van der Waals surface area contributed by atoms with E-state index in [0.29, 0.717) is 12.6 Å². The summed E-state index contributed by atoms with van der Waals surface area (Å²) in [7, 11) is 0. The SMILES string of the molecule is CC(O)(C(=O)NCc1ccc(OC2CCCC2)cc1)C1CC1. The molecule has 1 unspecified atom stereocenters. The lowest BCUT2D eigenvalue weighted by Gasteiger charge is -2.21. The summed E-state index contributed by atoms with van der Waals surface area (Å²) in [6.45, 7) is 2.05.